The monoisotopic (exact) mass is 469 g/mol. The summed E-state index contributed by atoms with van der Waals surface area (Å²) in [5, 5.41) is 8.47. The molecule has 2 aromatic carbocycles. The molecule has 0 saturated carbocycles. The van der Waals surface area contributed by atoms with Crippen LogP contribution in [0.15, 0.2) is 90.8 Å². The second kappa shape index (κ2) is 9.32. The van der Waals surface area contributed by atoms with Gasteiger partial charge in [0.25, 0.3) is 0 Å². The third kappa shape index (κ3) is 5.17. The molecule has 0 N–H and O–H groups in total. The Balaban J connectivity index is 2.27. The number of carbonyl (C=O) groups is 1. The Kier molecular flexibility index (Phi) is 7.12. The van der Waals surface area contributed by atoms with Crippen LogP contribution in [-0.2, 0) is 3.07 Å². The van der Waals surface area contributed by atoms with Crippen LogP contribution >= 0.6 is 0 Å². The summed E-state index contributed by atoms with van der Waals surface area (Å²) in [5.41, 5.74) is 2.55. The van der Waals surface area contributed by atoms with Gasteiger partial charge in [-0.3, -0.25) is 0 Å². The number of anilines is 1. The second-order valence-corrected chi connectivity index (χ2v) is 14.9. The Morgan fingerprint density at radius 1 is 0.963 bits per heavy atom. The van der Waals surface area contributed by atoms with Crippen molar-refractivity contribution in [2.24, 2.45) is 10.2 Å². The van der Waals surface area contributed by atoms with Gasteiger partial charge in [0.2, 0.25) is 0 Å². The number of carbonyl (C=O) groups excluding carboxylic acids is 1. The molecule has 0 fully saturated rings. The molecule has 0 spiro atoms. The fraction of sp³-hybridized carbons (Fsp3) is 0.0952. The van der Waals surface area contributed by atoms with E-state index in [1.54, 1.807) is 36.5 Å². The van der Waals surface area contributed by atoms with Gasteiger partial charge in [0.15, 0.2) is 0 Å². The normalized spacial score (nSPS) is 11.0. The standard InChI is InChI=1S/C15H15N3O2.3C2H3.Sn/c1-18(2)12-9-7-11(8-10-12)16-17-14-6-4-3-5-13(14)15(19)20;3*1-2;/h3-10H,1-2H3,(H,19,20);3*1H,2H2;/q;;;;+1/p-1. The van der Waals surface area contributed by atoms with Gasteiger partial charge in [-0.05, 0) is 0 Å². The SMILES string of the molecule is C=[CH][Sn]([CH]=C)([CH]=C)[O]C(=O)c1ccccc1N=Nc1ccc(N(C)C)cc1. The topological polar surface area (TPSA) is 54.3 Å². The number of hydrogen-bond donors (Lipinski definition) is 0. The van der Waals surface area contributed by atoms with Crippen molar-refractivity contribution >= 4 is 41.8 Å². The number of hydrogen-bond acceptors (Lipinski definition) is 5. The minimum absolute atomic E-state index is 0.345. The summed E-state index contributed by atoms with van der Waals surface area (Å²) in [6, 6.07) is 14.6. The summed E-state index contributed by atoms with van der Waals surface area (Å²) in [6.07, 6.45) is 0. The Hall–Kier alpha value is -2.67. The molecule has 6 heteroatoms. The first-order chi connectivity index (χ1) is 12.9. The van der Waals surface area contributed by atoms with E-state index in [2.05, 4.69) is 30.0 Å². The van der Waals surface area contributed by atoms with Crippen molar-refractivity contribution in [3.63, 3.8) is 0 Å². The molecule has 2 aromatic rings. The summed E-state index contributed by atoms with van der Waals surface area (Å²) in [6.45, 7) is 11.3. The van der Waals surface area contributed by atoms with E-state index >= 15 is 0 Å². The Bertz CT molecular complexity index is 851. The van der Waals surface area contributed by atoms with Crippen LogP contribution in [-0.4, -0.2) is 38.9 Å². The average molecular weight is 468 g/mol. The molecule has 0 aliphatic rings. The minimum atomic E-state index is -3.54. The molecule has 0 saturated heterocycles. The van der Waals surface area contributed by atoms with E-state index in [0.717, 1.165) is 5.69 Å². The molecule has 0 unspecified atom stereocenters. The van der Waals surface area contributed by atoms with E-state index in [-0.39, 0.29) is 0 Å². The van der Waals surface area contributed by atoms with Gasteiger partial charge < -0.3 is 0 Å². The van der Waals surface area contributed by atoms with Gasteiger partial charge in [0.1, 0.15) is 0 Å². The zero-order chi connectivity index (χ0) is 19.9. The van der Waals surface area contributed by atoms with E-state index in [4.69, 9.17) is 3.07 Å². The molecule has 0 aliphatic carbocycles. The summed E-state index contributed by atoms with van der Waals surface area (Å²) >= 11 is -3.54. The molecule has 5 nitrogen and oxygen atoms in total. The van der Waals surface area contributed by atoms with Crippen molar-refractivity contribution in [1.29, 1.82) is 0 Å². The van der Waals surface area contributed by atoms with Crippen molar-refractivity contribution in [1.82, 2.24) is 0 Å². The molecular weight excluding hydrogens is 445 g/mol. The molecule has 0 radical (unpaired) electrons. The maximum absolute atomic E-state index is 12.7. The predicted octanol–water partition coefficient (Wildman–Crippen LogP) is 5.45. The van der Waals surface area contributed by atoms with Gasteiger partial charge in [-0.25, -0.2) is 0 Å². The Labute approximate surface area is 164 Å². The van der Waals surface area contributed by atoms with Crippen LogP contribution in [0.1, 0.15) is 10.4 Å². The van der Waals surface area contributed by atoms with E-state index in [0.29, 0.717) is 16.9 Å². The molecule has 0 bridgehead atoms. The van der Waals surface area contributed by atoms with E-state index in [1.807, 2.05) is 43.3 Å². The van der Waals surface area contributed by atoms with Crippen molar-refractivity contribution in [2.45, 2.75) is 0 Å². The van der Waals surface area contributed by atoms with Gasteiger partial charge in [-0.15, -0.1) is 0 Å². The van der Waals surface area contributed by atoms with Crippen LogP contribution in [0.2, 0.25) is 0 Å². The van der Waals surface area contributed by atoms with Crippen molar-refractivity contribution < 1.29 is 7.87 Å². The Morgan fingerprint density at radius 3 is 2.11 bits per heavy atom. The van der Waals surface area contributed by atoms with Crippen molar-refractivity contribution in [2.75, 3.05) is 19.0 Å². The molecule has 27 heavy (non-hydrogen) atoms. The van der Waals surface area contributed by atoms with Crippen LogP contribution < -0.4 is 4.90 Å². The zero-order valence-corrected chi connectivity index (χ0v) is 18.5. The molecule has 0 aliphatic heterocycles. The number of rotatable bonds is 8. The summed E-state index contributed by atoms with van der Waals surface area (Å²) < 4.78 is 10.7. The fourth-order valence-corrected chi connectivity index (χ4v) is 5.62. The first-order valence-corrected chi connectivity index (χ1v) is 14.5. The second-order valence-electron chi connectivity index (χ2n) is 5.98. The number of benzene rings is 2. The van der Waals surface area contributed by atoms with Gasteiger partial charge in [0, 0.05) is 0 Å². The number of nitrogens with zero attached hydrogens (tertiary/aromatic N) is 3. The molecule has 0 atom stereocenters. The quantitative estimate of drug-likeness (QED) is 0.383. The first-order valence-electron chi connectivity index (χ1n) is 8.37. The van der Waals surface area contributed by atoms with Crippen molar-refractivity contribution in [3.8, 4) is 0 Å². The molecule has 0 aromatic heterocycles. The van der Waals surface area contributed by atoms with E-state index in [1.165, 1.54) is 0 Å². The van der Waals surface area contributed by atoms with Crippen LogP contribution in [0.3, 0.4) is 0 Å². The molecule has 138 valence electrons. The van der Waals surface area contributed by atoms with Gasteiger partial charge in [0.05, 0.1) is 0 Å². The molecule has 0 amide bonds. The van der Waals surface area contributed by atoms with Gasteiger partial charge >= 0.3 is 165 Å². The van der Waals surface area contributed by atoms with Gasteiger partial charge in [-0.2, -0.15) is 0 Å². The summed E-state index contributed by atoms with van der Waals surface area (Å²) in [5.74, 6) is -0.469. The molecule has 0 heterocycles. The van der Waals surface area contributed by atoms with Gasteiger partial charge in [-0.1, -0.05) is 0 Å². The first kappa shape index (κ1) is 20.6. The third-order valence-corrected chi connectivity index (χ3v) is 11.0. The Morgan fingerprint density at radius 2 is 1.56 bits per heavy atom. The third-order valence-electron chi connectivity index (χ3n) is 3.99. The average Bonchev–Trinajstić information content (AvgIpc) is 2.71. The molecule has 2 rings (SSSR count). The number of azo groups is 1. The zero-order valence-electron chi connectivity index (χ0n) is 15.6. The van der Waals surface area contributed by atoms with Crippen LogP contribution in [0.4, 0.5) is 17.1 Å². The van der Waals surface area contributed by atoms with E-state index < -0.39 is 24.8 Å². The predicted molar refractivity (Wildman–Crippen MR) is 113 cm³/mol. The molecular formula is C21H23N3O2Sn. The maximum atomic E-state index is 12.7. The van der Waals surface area contributed by atoms with E-state index in [9.17, 15) is 4.79 Å². The summed E-state index contributed by atoms with van der Waals surface area (Å²) in [4.78, 5) is 14.7. The van der Waals surface area contributed by atoms with Crippen LogP contribution in [0, 0.1) is 0 Å². The van der Waals surface area contributed by atoms with Crippen LogP contribution in [0.25, 0.3) is 0 Å². The van der Waals surface area contributed by atoms with Crippen LogP contribution in [0.5, 0.6) is 0 Å². The van der Waals surface area contributed by atoms with Crippen molar-refractivity contribution in [3.05, 3.63) is 86.1 Å². The summed E-state index contributed by atoms with van der Waals surface area (Å²) in [7, 11) is 3.94. The fourth-order valence-electron chi connectivity index (χ4n) is 2.25.